The van der Waals surface area contributed by atoms with E-state index < -0.39 is 10.0 Å². The van der Waals surface area contributed by atoms with Gasteiger partial charge in [-0.25, -0.2) is 9.97 Å². The summed E-state index contributed by atoms with van der Waals surface area (Å²) in [6.07, 6.45) is 1.60. The molecule has 3 heterocycles. The van der Waals surface area contributed by atoms with Crippen LogP contribution in [0.3, 0.4) is 0 Å². The molecule has 0 aliphatic heterocycles. The molecule has 0 unspecified atom stereocenters. The van der Waals surface area contributed by atoms with E-state index in [0.29, 0.717) is 10.8 Å². The molecule has 3 aromatic heterocycles. The van der Waals surface area contributed by atoms with Gasteiger partial charge < -0.3 is 0 Å². The summed E-state index contributed by atoms with van der Waals surface area (Å²) in [5, 5.41) is 1.75. The van der Waals surface area contributed by atoms with Gasteiger partial charge in [-0.2, -0.15) is 12.8 Å². The van der Waals surface area contributed by atoms with Crippen LogP contribution in [0.5, 0.6) is 0 Å². The van der Waals surface area contributed by atoms with E-state index in [1.807, 2.05) is 0 Å². The first-order valence-electron chi connectivity index (χ1n) is 4.91. The number of anilines is 1. The second-order valence-corrected chi connectivity index (χ2v) is 7.10. The van der Waals surface area contributed by atoms with Crippen molar-refractivity contribution in [3.05, 3.63) is 22.6 Å². The molecule has 0 bridgehead atoms. The predicted molar refractivity (Wildman–Crippen MR) is 73.5 cm³/mol. The fourth-order valence-electron chi connectivity index (χ4n) is 1.48. The summed E-state index contributed by atoms with van der Waals surface area (Å²) < 4.78 is 32.3. The minimum absolute atomic E-state index is 0.0689. The Hall–Kier alpha value is -1.23. The second kappa shape index (κ2) is 4.40. The van der Waals surface area contributed by atoms with E-state index in [2.05, 4.69) is 19.1 Å². The Kier molecular flexibility index (Phi) is 2.96. The van der Waals surface area contributed by atoms with Gasteiger partial charge in [-0.3, -0.25) is 9.12 Å². The zero-order chi connectivity index (χ0) is 13.6. The van der Waals surface area contributed by atoms with Crippen molar-refractivity contribution in [3.63, 3.8) is 0 Å². The summed E-state index contributed by atoms with van der Waals surface area (Å²) in [5.74, 6) is 0.503. The Labute approximate surface area is 121 Å². The van der Waals surface area contributed by atoms with Crippen molar-refractivity contribution in [1.29, 1.82) is 0 Å². The third kappa shape index (κ3) is 2.20. The average molecular weight is 336 g/mol. The van der Waals surface area contributed by atoms with Gasteiger partial charge in [0, 0.05) is 23.1 Å². The van der Waals surface area contributed by atoms with Crippen LogP contribution in [0.15, 0.2) is 16.6 Å². The number of fused-ring (bicyclic) bond motifs is 1. The van der Waals surface area contributed by atoms with Gasteiger partial charge in [0.2, 0.25) is 5.13 Å². The first kappa shape index (κ1) is 12.8. The number of hydrogen-bond acceptors (Lipinski definition) is 7. The van der Waals surface area contributed by atoms with Crippen LogP contribution in [0.25, 0.3) is 4.96 Å². The van der Waals surface area contributed by atoms with Crippen LogP contribution in [0.1, 0.15) is 5.82 Å². The normalized spacial score (nSPS) is 12.1. The Balaban J connectivity index is 2.09. The maximum atomic E-state index is 12.3. The highest BCUT2D eigenvalue weighted by Crippen LogP contribution is 2.27. The van der Waals surface area contributed by atoms with Crippen LogP contribution in [-0.2, 0) is 10.0 Å². The fourth-order valence-corrected chi connectivity index (χ4v) is 4.73. The number of halogens is 1. The number of thiazole rings is 1. The molecule has 0 aromatic carbocycles. The minimum atomic E-state index is -3.85. The van der Waals surface area contributed by atoms with Crippen molar-refractivity contribution in [2.24, 2.45) is 0 Å². The number of nitrogens with zero attached hydrogens (tertiary/aromatic N) is 4. The summed E-state index contributed by atoms with van der Waals surface area (Å²) in [5.41, 5.74) is 0. The lowest BCUT2D eigenvalue weighted by molar-refractivity contribution is 0.596. The largest absolute Gasteiger partial charge is 0.282 e. The predicted octanol–water partition coefficient (Wildman–Crippen LogP) is 2.01. The van der Waals surface area contributed by atoms with Crippen LogP contribution in [0.2, 0.25) is 5.15 Å². The van der Waals surface area contributed by atoms with E-state index in [1.165, 1.54) is 15.7 Å². The van der Waals surface area contributed by atoms with Crippen molar-refractivity contribution in [1.82, 2.24) is 18.7 Å². The highest BCUT2D eigenvalue weighted by Gasteiger charge is 2.26. The van der Waals surface area contributed by atoms with Crippen molar-refractivity contribution < 1.29 is 8.42 Å². The molecule has 0 spiro atoms. The molecule has 0 aliphatic carbocycles. The van der Waals surface area contributed by atoms with E-state index in [4.69, 9.17) is 11.6 Å². The Morgan fingerprint density at radius 2 is 2.21 bits per heavy atom. The van der Waals surface area contributed by atoms with Gasteiger partial charge in [0.15, 0.2) is 15.1 Å². The molecular formula is C8H6ClN5O2S3. The minimum Gasteiger partial charge on any atom is -0.278 e. The van der Waals surface area contributed by atoms with Crippen LogP contribution in [0.4, 0.5) is 5.13 Å². The summed E-state index contributed by atoms with van der Waals surface area (Å²) in [6.45, 7) is 1.68. The molecular weight excluding hydrogens is 330 g/mol. The smallest absolute Gasteiger partial charge is 0.278 e. The lowest BCUT2D eigenvalue weighted by Gasteiger charge is -2.03. The van der Waals surface area contributed by atoms with E-state index >= 15 is 0 Å². The highest BCUT2D eigenvalue weighted by molar-refractivity contribution is 7.93. The Morgan fingerprint density at radius 3 is 2.89 bits per heavy atom. The van der Waals surface area contributed by atoms with Gasteiger partial charge in [0.05, 0.1) is 0 Å². The number of sulfonamides is 1. The molecule has 7 nitrogen and oxygen atoms in total. The fraction of sp³-hybridized carbons (Fsp3) is 0.125. The molecule has 0 radical (unpaired) electrons. The van der Waals surface area contributed by atoms with Gasteiger partial charge in [-0.05, 0) is 6.92 Å². The molecule has 3 rings (SSSR count). The number of rotatable bonds is 3. The lowest BCUT2D eigenvalue weighted by Crippen LogP contribution is -2.15. The van der Waals surface area contributed by atoms with Crippen molar-refractivity contribution in [3.8, 4) is 0 Å². The number of nitrogens with one attached hydrogen (secondary N) is 1. The summed E-state index contributed by atoms with van der Waals surface area (Å²) in [6, 6.07) is 0. The molecule has 11 heteroatoms. The van der Waals surface area contributed by atoms with Crippen molar-refractivity contribution in [2.45, 2.75) is 11.9 Å². The molecule has 0 fully saturated rings. The first-order chi connectivity index (χ1) is 8.97. The van der Waals surface area contributed by atoms with E-state index in [-0.39, 0.29) is 15.3 Å². The molecule has 0 saturated heterocycles. The van der Waals surface area contributed by atoms with E-state index in [0.717, 1.165) is 11.5 Å². The molecule has 1 N–H and O–H groups in total. The SMILES string of the molecule is Cc1nsc(NS(=O)(=O)c2c(Cl)nc3sccn23)n1. The quantitative estimate of drug-likeness (QED) is 0.790. The summed E-state index contributed by atoms with van der Waals surface area (Å²) in [4.78, 5) is 8.44. The molecule has 0 saturated carbocycles. The lowest BCUT2D eigenvalue weighted by atomic mass is 10.8. The number of hydrogen-bond donors (Lipinski definition) is 1. The van der Waals surface area contributed by atoms with Crippen molar-refractivity contribution >= 4 is 54.6 Å². The Morgan fingerprint density at radius 1 is 1.42 bits per heavy atom. The van der Waals surface area contributed by atoms with Crippen LogP contribution in [-0.4, -0.2) is 27.2 Å². The zero-order valence-corrected chi connectivity index (χ0v) is 12.6. The molecule has 3 aromatic rings. The van der Waals surface area contributed by atoms with Gasteiger partial charge in [0.25, 0.3) is 10.0 Å². The van der Waals surface area contributed by atoms with Gasteiger partial charge in [-0.1, -0.05) is 11.6 Å². The van der Waals surface area contributed by atoms with E-state index in [1.54, 1.807) is 18.5 Å². The molecule has 19 heavy (non-hydrogen) atoms. The molecule has 100 valence electrons. The van der Waals surface area contributed by atoms with Gasteiger partial charge in [-0.15, -0.1) is 11.3 Å². The standard InChI is InChI=1S/C8H6ClN5O2S3/c1-4-10-7(18-12-4)13-19(15,16)6-5(9)11-8-14(6)2-3-17-8/h2-3H,1H3,(H,10,12,13). The van der Waals surface area contributed by atoms with E-state index in [9.17, 15) is 8.42 Å². The average Bonchev–Trinajstić information content (AvgIpc) is 2.93. The van der Waals surface area contributed by atoms with Gasteiger partial charge >= 0.3 is 0 Å². The molecule has 0 aliphatic rings. The first-order valence-corrected chi connectivity index (χ1v) is 8.43. The second-order valence-electron chi connectivity index (χ2n) is 3.52. The summed E-state index contributed by atoms with van der Waals surface area (Å²) in [7, 11) is -3.85. The number of imidazole rings is 1. The Bertz CT molecular complexity index is 849. The maximum absolute atomic E-state index is 12.3. The number of aromatic nitrogens is 4. The number of aryl methyl sites for hydroxylation is 1. The van der Waals surface area contributed by atoms with Crippen LogP contribution >= 0.6 is 34.5 Å². The van der Waals surface area contributed by atoms with Crippen molar-refractivity contribution in [2.75, 3.05) is 4.72 Å². The topological polar surface area (TPSA) is 89.2 Å². The molecule has 0 amide bonds. The van der Waals surface area contributed by atoms with Crippen LogP contribution in [0, 0.1) is 6.92 Å². The zero-order valence-electron chi connectivity index (χ0n) is 9.36. The maximum Gasteiger partial charge on any atom is 0.282 e. The third-order valence-electron chi connectivity index (χ3n) is 2.18. The van der Waals surface area contributed by atoms with Crippen LogP contribution < -0.4 is 4.72 Å². The monoisotopic (exact) mass is 335 g/mol. The molecule has 0 atom stereocenters. The highest BCUT2D eigenvalue weighted by atomic mass is 35.5. The summed E-state index contributed by atoms with van der Waals surface area (Å²) >= 11 is 8.15. The van der Waals surface area contributed by atoms with Gasteiger partial charge in [0.1, 0.15) is 5.82 Å². The third-order valence-corrected chi connectivity index (χ3v) is 5.53.